The number of aromatic amines is 1. The largest absolute Gasteiger partial charge is 0.360 e. The molecule has 3 N–H and O–H groups in total. The molecule has 0 fully saturated rings. The molecular formula is C24H19N3O3S. The van der Waals surface area contributed by atoms with Gasteiger partial charge in [0.05, 0.1) is 12.2 Å². The molecule has 1 aromatic heterocycles. The minimum Gasteiger partial charge on any atom is -0.360 e. The molecule has 7 heteroatoms. The lowest BCUT2D eigenvalue weighted by molar-refractivity contribution is -0.115. The Morgan fingerprint density at radius 1 is 0.871 bits per heavy atom. The Morgan fingerprint density at radius 2 is 1.58 bits per heavy atom. The van der Waals surface area contributed by atoms with E-state index in [9.17, 15) is 14.4 Å². The number of hydrogen-bond acceptors (Lipinski definition) is 4. The molecule has 0 aliphatic heterocycles. The highest BCUT2D eigenvalue weighted by Gasteiger charge is 2.14. The first kappa shape index (κ1) is 20.4. The first-order valence-corrected chi connectivity index (χ1v) is 10.4. The third-order valence-corrected chi connectivity index (χ3v) is 5.66. The molecule has 0 saturated heterocycles. The molecule has 31 heavy (non-hydrogen) atoms. The zero-order valence-corrected chi connectivity index (χ0v) is 17.2. The molecule has 3 aromatic carbocycles. The number of benzene rings is 3. The van der Waals surface area contributed by atoms with E-state index in [-0.39, 0.29) is 23.4 Å². The van der Waals surface area contributed by atoms with Crippen LogP contribution >= 0.6 is 11.8 Å². The van der Waals surface area contributed by atoms with Gasteiger partial charge in [0, 0.05) is 26.9 Å². The summed E-state index contributed by atoms with van der Waals surface area (Å²) in [5.74, 6) is -0.985. The van der Waals surface area contributed by atoms with Crippen LogP contribution in [-0.2, 0) is 4.79 Å². The van der Waals surface area contributed by atoms with Gasteiger partial charge in [0.25, 0.3) is 5.91 Å². The number of nitrogens with one attached hydrogen (secondary N) is 3. The Hall–Kier alpha value is -3.84. The van der Waals surface area contributed by atoms with E-state index in [1.54, 1.807) is 30.3 Å². The van der Waals surface area contributed by atoms with E-state index in [1.807, 2.05) is 48.5 Å². The average Bonchev–Trinajstić information content (AvgIpc) is 2.80. The van der Waals surface area contributed by atoms with Crippen molar-refractivity contribution in [1.29, 1.82) is 0 Å². The number of aromatic nitrogens is 1. The van der Waals surface area contributed by atoms with Crippen molar-refractivity contribution in [3.05, 3.63) is 101 Å². The number of para-hydroxylation sites is 2. The Bertz CT molecular complexity index is 1300. The summed E-state index contributed by atoms with van der Waals surface area (Å²) in [5, 5.41) is 5.76. The van der Waals surface area contributed by atoms with Crippen LogP contribution < -0.4 is 16.1 Å². The van der Waals surface area contributed by atoms with Crippen molar-refractivity contribution in [1.82, 2.24) is 10.3 Å². The molecule has 154 valence electrons. The van der Waals surface area contributed by atoms with E-state index in [4.69, 9.17) is 0 Å². The quantitative estimate of drug-likeness (QED) is 0.431. The Balaban J connectivity index is 1.42. The van der Waals surface area contributed by atoms with Gasteiger partial charge in [-0.3, -0.25) is 14.4 Å². The topological polar surface area (TPSA) is 91.1 Å². The lowest BCUT2D eigenvalue weighted by Gasteiger charge is -2.11. The smallest absolute Gasteiger partial charge is 0.257 e. The standard InChI is InChI=1S/C24H19N3O3S/c28-22(27-20-12-6-7-13-21(20)31-16-8-2-1-3-9-16)15-26-24(30)18-14-25-19-11-5-4-10-17(19)23(18)29/h1-14H,15H2,(H,25,29)(H,26,30)(H,27,28). The van der Waals surface area contributed by atoms with E-state index in [0.29, 0.717) is 16.6 Å². The number of pyridine rings is 1. The van der Waals surface area contributed by atoms with Gasteiger partial charge in [0.2, 0.25) is 11.3 Å². The molecule has 0 bridgehead atoms. The van der Waals surface area contributed by atoms with Crippen LogP contribution in [0.2, 0.25) is 0 Å². The normalized spacial score (nSPS) is 10.6. The maximum atomic E-state index is 12.5. The summed E-state index contributed by atoms with van der Waals surface area (Å²) in [6.07, 6.45) is 1.36. The molecule has 0 saturated carbocycles. The lowest BCUT2D eigenvalue weighted by Crippen LogP contribution is -2.35. The minimum atomic E-state index is -0.603. The predicted octanol–water partition coefficient (Wildman–Crippen LogP) is 4.05. The molecule has 0 spiro atoms. The van der Waals surface area contributed by atoms with Crippen LogP contribution in [0.25, 0.3) is 10.9 Å². The number of anilines is 1. The number of amides is 2. The van der Waals surface area contributed by atoms with Gasteiger partial charge >= 0.3 is 0 Å². The highest BCUT2D eigenvalue weighted by Crippen LogP contribution is 2.33. The second-order valence-electron chi connectivity index (χ2n) is 6.72. The van der Waals surface area contributed by atoms with E-state index < -0.39 is 5.91 Å². The third-order valence-electron chi connectivity index (χ3n) is 4.57. The first-order chi connectivity index (χ1) is 15.1. The molecule has 0 unspecified atom stereocenters. The molecule has 6 nitrogen and oxygen atoms in total. The molecular weight excluding hydrogens is 410 g/mol. The van der Waals surface area contributed by atoms with Gasteiger partial charge in [-0.25, -0.2) is 0 Å². The molecule has 4 rings (SSSR count). The number of fused-ring (bicyclic) bond motifs is 1. The molecule has 0 radical (unpaired) electrons. The summed E-state index contributed by atoms with van der Waals surface area (Å²) >= 11 is 1.53. The zero-order valence-electron chi connectivity index (χ0n) is 16.4. The number of carbonyl (C=O) groups excluding carboxylic acids is 2. The molecule has 4 aromatic rings. The summed E-state index contributed by atoms with van der Waals surface area (Å²) < 4.78 is 0. The molecule has 0 atom stereocenters. The second kappa shape index (κ2) is 9.32. The third kappa shape index (κ3) is 4.84. The van der Waals surface area contributed by atoms with Gasteiger partial charge in [-0.1, -0.05) is 54.2 Å². The van der Waals surface area contributed by atoms with Gasteiger partial charge in [-0.2, -0.15) is 0 Å². The van der Waals surface area contributed by atoms with Gasteiger partial charge in [0.15, 0.2) is 0 Å². The molecule has 0 aliphatic rings. The second-order valence-corrected chi connectivity index (χ2v) is 7.83. The summed E-state index contributed by atoms with van der Waals surface area (Å²) in [6, 6.07) is 24.2. The van der Waals surface area contributed by atoms with E-state index in [1.165, 1.54) is 18.0 Å². The van der Waals surface area contributed by atoms with Crippen molar-refractivity contribution in [3.8, 4) is 0 Å². The SMILES string of the molecule is O=C(CNC(=O)c1c[nH]c2ccccc2c1=O)Nc1ccccc1Sc1ccccc1. The van der Waals surface area contributed by atoms with Crippen molar-refractivity contribution in [3.63, 3.8) is 0 Å². The van der Waals surface area contributed by atoms with Crippen molar-refractivity contribution in [2.75, 3.05) is 11.9 Å². The van der Waals surface area contributed by atoms with Crippen molar-refractivity contribution in [2.45, 2.75) is 9.79 Å². The maximum Gasteiger partial charge on any atom is 0.257 e. The van der Waals surface area contributed by atoms with Crippen LogP contribution in [-0.4, -0.2) is 23.3 Å². The fourth-order valence-electron chi connectivity index (χ4n) is 3.06. The lowest BCUT2D eigenvalue weighted by atomic mass is 10.1. The molecule has 1 heterocycles. The number of H-pyrrole nitrogens is 1. The van der Waals surface area contributed by atoms with Crippen molar-refractivity contribution in [2.24, 2.45) is 0 Å². The minimum absolute atomic E-state index is 0.0356. The highest BCUT2D eigenvalue weighted by atomic mass is 32.2. The van der Waals surface area contributed by atoms with Gasteiger partial charge < -0.3 is 15.6 Å². The van der Waals surface area contributed by atoms with E-state index in [2.05, 4.69) is 15.6 Å². The first-order valence-electron chi connectivity index (χ1n) is 9.62. The predicted molar refractivity (Wildman–Crippen MR) is 123 cm³/mol. The van der Waals surface area contributed by atoms with E-state index in [0.717, 1.165) is 9.79 Å². The highest BCUT2D eigenvalue weighted by molar-refractivity contribution is 7.99. The molecule has 0 aliphatic carbocycles. The Kier molecular flexibility index (Phi) is 6.14. The number of hydrogen-bond donors (Lipinski definition) is 3. The monoisotopic (exact) mass is 429 g/mol. The van der Waals surface area contributed by atoms with Gasteiger partial charge in [-0.15, -0.1) is 0 Å². The fourth-order valence-corrected chi connectivity index (χ4v) is 3.98. The summed E-state index contributed by atoms with van der Waals surface area (Å²) in [4.78, 5) is 42.3. The van der Waals surface area contributed by atoms with Gasteiger partial charge in [-0.05, 0) is 36.4 Å². The Labute approximate surface area is 182 Å². The van der Waals surface area contributed by atoms with Crippen molar-refractivity contribution < 1.29 is 9.59 Å². The zero-order chi connectivity index (χ0) is 21.6. The van der Waals surface area contributed by atoms with Crippen LogP contribution in [0.1, 0.15) is 10.4 Å². The summed E-state index contributed by atoms with van der Waals surface area (Å²) in [5.41, 5.74) is 0.886. The van der Waals surface area contributed by atoms with Crippen LogP contribution in [0.5, 0.6) is 0 Å². The summed E-state index contributed by atoms with van der Waals surface area (Å²) in [6.45, 7) is -0.255. The van der Waals surface area contributed by atoms with Crippen LogP contribution in [0.3, 0.4) is 0 Å². The maximum absolute atomic E-state index is 12.5. The van der Waals surface area contributed by atoms with Gasteiger partial charge in [0.1, 0.15) is 5.56 Å². The fraction of sp³-hybridized carbons (Fsp3) is 0.0417. The number of carbonyl (C=O) groups is 2. The van der Waals surface area contributed by atoms with E-state index >= 15 is 0 Å². The van der Waals surface area contributed by atoms with Crippen molar-refractivity contribution >= 4 is 40.2 Å². The van der Waals surface area contributed by atoms with Crippen LogP contribution in [0, 0.1) is 0 Å². The molecule has 2 amide bonds. The number of rotatable bonds is 6. The average molecular weight is 430 g/mol. The Morgan fingerprint density at radius 3 is 2.42 bits per heavy atom. The summed E-state index contributed by atoms with van der Waals surface area (Å²) in [7, 11) is 0. The van der Waals surface area contributed by atoms with Crippen LogP contribution in [0.15, 0.2) is 99.6 Å². The van der Waals surface area contributed by atoms with Crippen LogP contribution in [0.4, 0.5) is 5.69 Å².